The van der Waals surface area contributed by atoms with Gasteiger partial charge in [-0.1, -0.05) is 66.2 Å². The highest BCUT2D eigenvalue weighted by Crippen LogP contribution is 2.28. The van der Waals surface area contributed by atoms with Crippen molar-refractivity contribution in [1.82, 2.24) is 26.2 Å². The number of nitrogens with zero attached hydrogens (tertiary/aromatic N) is 1. The summed E-state index contributed by atoms with van der Waals surface area (Å²) in [5.74, 6) is -4.30. The minimum atomic E-state index is -1.24. The molecule has 5 amide bonds. The Hall–Kier alpha value is -3.30. The number of hydrogen-bond donors (Lipinski definition) is 6. The van der Waals surface area contributed by atoms with Crippen LogP contribution in [0.2, 0.25) is 0 Å². The standard InChI is InChI=1S/C38H67N7O8/c1-6-7-8-12-15-31-24(4)38(51)45(5)30(17-16-23(2)3)36(49)44-33(25-13-10-9-11-14-25)37(50)42-28(20-39)35(48)43-29(22-52-27-18-26(40)19-27)34(47)41-21-32(46)53-31/h23-31,33H,6-22,39-40H2,1-5H3,(H,41,47)(H,42,50)(H,43,48)(H,44,49)/t24-,26?,27?,28+,29+,30+,31-,33+/m1/s1. The molecule has 15 heteroatoms. The third-order valence-corrected chi connectivity index (χ3v) is 10.9. The average molecular weight is 750 g/mol. The van der Waals surface area contributed by atoms with Gasteiger partial charge < -0.3 is 47.1 Å². The average Bonchev–Trinajstić information content (AvgIpc) is 3.12. The zero-order valence-electron chi connectivity index (χ0n) is 32.7. The maximum atomic E-state index is 14.2. The van der Waals surface area contributed by atoms with Gasteiger partial charge in [-0.25, -0.2) is 0 Å². The molecule has 3 aliphatic rings. The molecule has 8 N–H and O–H groups in total. The molecular weight excluding hydrogens is 682 g/mol. The van der Waals surface area contributed by atoms with E-state index in [1.165, 1.54) is 4.90 Å². The summed E-state index contributed by atoms with van der Waals surface area (Å²) in [4.78, 5) is 84.1. The monoisotopic (exact) mass is 750 g/mol. The first kappa shape index (κ1) is 44.1. The van der Waals surface area contributed by atoms with Crippen LogP contribution in [-0.4, -0.2) is 110 Å². The number of carbonyl (C=O) groups excluding carboxylic acids is 6. The molecule has 0 aromatic heterocycles. The molecule has 0 aromatic rings. The van der Waals surface area contributed by atoms with Crippen LogP contribution in [0.4, 0.5) is 0 Å². The van der Waals surface area contributed by atoms with E-state index in [0.29, 0.717) is 51.4 Å². The minimum absolute atomic E-state index is 0.00317. The van der Waals surface area contributed by atoms with Crippen molar-refractivity contribution in [2.24, 2.45) is 29.2 Å². The molecule has 0 radical (unpaired) electrons. The Bertz CT molecular complexity index is 1220. The highest BCUT2D eigenvalue weighted by Gasteiger charge is 2.39. The van der Waals surface area contributed by atoms with E-state index in [1.54, 1.807) is 14.0 Å². The summed E-state index contributed by atoms with van der Waals surface area (Å²) < 4.78 is 11.7. The van der Waals surface area contributed by atoms with Crippen LogP contribution in [0.3, 0.4) is 0 Å². The van der Waals surface area contributed by atoms with Crippen molar-refractivity contribution in [2.45, 2.75) is 160 Å². The SMILES string of the molecule is CCCCCC[C@H]1OC(=O)CNC(=O)[C@H](COC2CC(N)C2)NC(=O)[C@H](CN)NC(=O)[C@H](C2CCCCC2)NC(=O)[C@H](CCC(C)C)N(C)C(=O)[C@@H]1C. The summed E-state index contributed by atoms with van der Waals surface area (Å²) in [6.45, 7) is 6.85. The number of amides is 5. The molecule has 6 atom stereocenters. The maximum Gasteiger partial charge on any atom is 0.325 e. The number of nitrogens with two attached hydrogens (primary N) is 2. The number of unbranched alkanes of at least 4 members (excludes halogenated alkanes) is 3. The number of hydrogen-bond acceptors (Lipinski definition) is 10. The smallest absolute Gasteiger partial charge is 0.325 e. The molecule has 1 saturated heterocycles. The van der Waals surface area contributed by atoms with E-state index < -0.39 is 72.3 Å². The predicted octanol–water partition coefficient (Wildman–Crippen LogP) is 1.40. The Kier molecular flexibility index (Phi) is 18.4. The lowest BCUT2D eigenvalue weighted by Crippen LogP contribution is -2.62. The number of cyclic esters (lactones) is 1. The summed E-state index contributed by atoms with van der Waals surface area (Å²) in [6.07, 6.45) is 9.43. The lowest BCUT2D eigenvalue weighted by molar-refractivity contribution is -0.157. The van der Waals surface area contributed by atoms with E-state index in [2.05, 4.69) is 28.2 Å². The zero-order valence-corrected chi connectivity index (χ0v) is 32.7. The van der Waals surface area contributed by atoms with Crippen molar-refractivity contribution in [3.05, 3.63) is 0 Å². The Labute approximate surface area is 315 Å². The molecule has 0 bridgehead atoms. The first-order valence-corrected chi connectivity index (χ1v) is 20.0. The van der Waals surface area contributed by atoms with Crippen LogP contribution in [0.25, 0.3) is 0 Å². The summed E-state index contributed by atoms with van der Waals surface area (Å²) in [7, 11) is 1.58. The Morgan fingerprint density at radius 1 is 0.868 bits per heavy atom. The van der Waals surface area contributed by atoms with E-state index in [9.17, 15) is 28.8 Å². The summed E-state index contributed by atoms with van der Waals surface area (Å²) in [5.41, 5.74) is 11.9. The molecule has 3 rings (SSSR count). The topological polar surface area (TPSA) is 224 Å². The second-order valence-electron chi connectivity index (χ2n) is 15.7. The Morgan fingerprint density at radius 3 is 2.17 bits per heavy atom. The lowest BCUT2D eigenvalue weighted by atomic mass is 9.83. The molecule has 15 nitrogen and oxygen atoms in total. The third-order valence-electron chi connectivity index (χ3n) is 10.9. The van der Waals surface area contributed by atoms with Gasteiger partial charge in [0.1, 0.15) is 36.8 Å². The number of ether oxygens (including phenoxy) is 2. The third kappa shape index (κ3) is 13.8. The van der Waals surface area contributed by atoms with Crippen molar-refractivity contribution in [2.75, 3.05) is 26.7 Å². The maximum absolute atomic E-state index is 14.2. The van der Waals surface area contributed by atoms with Gasteiger partial charge in [0.15, 0.2) is 0 Å². The minimum Gasteiger partial charge on any atom is -0.460 e. The highest BCUT2D eigenvalue weighted by atomic mass is 16.5. The van der Waals surface area contributed by atoms with Crippen molar-refractivity contribution >= 4 is 35.5 Å². The van der Waals surface area contributed by atoms with E-state index in [4.69, 9.17) is 20.9 Å². The van der Waals surface area contributed by atoms with Crippen molar-refractivity contribution in [3.63, 3.8) is 0 Å². The van der Waals surface area contributed by atoms with E-state index >= 15 is 0 Å². The number of likely N-dealkylation sites (N-methyl/N-ethyl adjacent to an activating group) is 1. The second-order valence-corrected chi connectivity index (χ2v) is 15.7. The van der Waals surface area contributed by atoms with Gasteiger partial charge in [-0.3, -0.25) is 28.8 Å². The fourth-order valence-electron chi connectivity index (χ4n) is 7.34. The Balaban J connectivity index is 1.99. The van der Waals surface area contributed by atoms with Gasteiger partial charge in [0.05, 0.1) is 18.6 Å². The Morgan fingerprint density at radius 2 is 1.55 bits per heavy atom. The first-order chi connectivity index (χ1) is 25.2. The lowest BCUT2D eigenvalue weighted by Gasteiger charge is -2.35. The van der Waals surface area contributed by atoms with E-state index in [0.717, 1.165) is 38.5 Å². The van der Waals surface area contributed by atoms with Crippen LogP contribution in [0, 0.1) is 17.8 Å². The molecule has 1 heterocycles. The molecule has 53 heavy (non-hydrogen) atoms. The van der Waals surface area contributed by atoms with Gasteiger partial charge in [-0.2, -0.15) is 0 Å². The largest absolute Gasteiger partial charge is 0.460 e. The molecule has 3 fully saturated rings. The normalized spacial score (nSPS) is 30.6. The van der Waals surface area contributed by atoms with E-state index in [1.807, 2.05) is 13.8 Å². The molecule has 302 valence electrons. The van der Waals surface area contributed by atoms with Gasteiger partial charge >= 0.3 is 5.97 Å². The molecule has 2 aliphatic carbocycles. The molecule has 1 aliphatic heterocycles. The molecular formula is C38H67N7O8. The predicted molar refractivity (Wildman–Crippen MR) is 200 cm³/mol. The number of esters is 1. The highest BCUT2D eigenvalue weighted by molar-refractivity contribution is 5.96. The number of carbonyl (C=O) groups is 6. The van der Waals surface area contributed by atoms with Gasteiger partial charge in [0, 0.05) is 19.6 Å². The van der Waals surface area contributed by atoms with Crippen molar-refractivity contribution < 1.29 is 38.2 Å². The van der Waals surface area contributed by atoms with Gasteiger partial charge in [0.2, 0.25) is 29.5 Å². The molecule has 2 saturated carbocycles. The van der Waals surface area contributed by atoms with Crippen LogP contribution in [-0.2, 0) is 38.2 Å². The van der Waals surface area contributed by atoms with E-state index in [-0.39, 0.29) is 43.0 Å². The van der Waals surface area contributed by atoms with Crippen LogP contribution in [0.5, 0.6) is 0 Å². The van der Waals surface area contributed by atoms with Gasteiger partial charge in [-0.05, 0) is 63.2 Å². The fourth-order valence-corrected chi connectivity index (χ4v) is 7.34. The quantitative estimate of drug-likeness (QED) is 0.117. The van der Waals surface area contributed by atoms with Crippen LogP contribution in [0.1, 0.15) is 118 Å². The van der Waals surface area contributed by atoms with Crippen LogP contribution in [0.15, 0.2) is 0 Å². The molecule has 0 aromatic carbocycles. The second kappa shape index (κ2) is 22.2. The summed E-state index contributed by atoms with van der Waals surface area (Å²) in [5, 5.41) is 10.9. The summed E-state index contributed by atoms with van der Waals surface area (Å²) in [6, 6.07) is -4.35. The van der Waals surface area contributed by atoms with Crippen molar-refractivity contribution in [1.29, 1.82) is 0 Å². The first-order valence-electron chi connectivity index (χ1n) is 20.0. The molecule has 0 spiro atoms. The number of nitrogens with one attached hydrogen (secondary N) is 4. The molecule has 0 unspecified atom stereocenters. The van der Waals surface area contributed by atoms with Crippen LogP contribution < -0.4 is 32.7 Å². The summed E-state index contributed by atoms with van der Waals surface area (Å²) >= 11 is 0. The fraction of sp³-hybridized carbons (Fsp3) is 0.842. The van der Waals surface area contributed by atoms with Gasteiger partial charge in [0.25, 0.3) is 0 Å². The zero-order chi connectivity index (χ0) is 39.1. The van der Waals surface area contributed by atoms with Crippen molar-refractivity contribution in [3.8, 4) is 0 Å². The van der Waals surface area contributed by atoms with Crippen LogP contribution >= 0.6 is 0 Å². The van der Waals surface area contributed by atoms with Gasteiger partial charge in [-0.15, -0.1) is 0 Å². The number of rotatable bonds is 13.